The molecule has 0 fully saturated rings. The van der Waals surface area contributed by atoms with Gasteiger partial charge in [0.25, 0.3) is 5.22 Å². The summed E-state index contributed by atoms with van der Waals surface area (Å²) in [6.45, 7) is 6.83. The van der Waals surface area contributed by atoms with Crippen LogP contribution in [0.25, 0.3) is 11.5 Å². The Morgan fingerprint density at radius 3 is 2.43 bits per heavy atom. The number of aromatic nitrogens is 2. The zero-order valence-electron chi connectivity index (χ0n) is 17.3. The minimum atomic E-state index is -0.115. The maximum Gasteiger partial charge on any atom is 0.277 e. The van der Waals surface area contributed by atoms with Gasteiger partial charge < -0.3 is 9.32 Å². The molecule has 0 saturated heterocycles. The number of anilines is 1. The maximum absolute atomic E-state index is 12.7. The van der Waals surface area contributed by atoms with Gasteiger partial charge in [-0.1, -0.05) is 62.9 Å². The van der Waals surface area contributed by atoms with Gasteiger partial charge in [0, 0.05) is 17.8 Å². The molecule has 7 heteroatoms. The number of hydrogen-bond acceptors (Lipinski definition) is 6. The topological polar surface area (TPSA) is 83.0 Å². The second-order valence-electron chi connectivity index (χ2n) is 7.78. The van der Waals surface area contributed by atoms with Gasteiger partial charge in [-0.2, -0.15) is 5.26 Å². The van der Waals surface area contributed by atoms with E-state index in [9.17, 15) is 4.79 Å². The van der Waals surface area contributed by atoms with Crippen LogP contribution in [0.4, 0.5) is 5.69 Å². The summed E-state index contributed by atoms with van der Waals surface area (Å²) in [6, 6.07) is 19.5. The summed E-state index contributed by atoms with van der Waals surface area (Å²) in [4.78, 5) is 14.3. The number of nitrogens with zero attached hydrogens (tertiary/aromatic N) is 4. The lowest BCUT2D eigenvalue weighted by atomic mass is 9.87. The summed E-state index contributed by atoms with van der Waals surface area (Å²) in [5.74, 6) is 0.454. The third kappa shape index (κ3) is 5.49. The second-order valence-corrected chi connectivity index (χ2v) is 8.70. The fourth-order valence-electron chi connectivity index (χ4n) is 2.87. The van der Waals surface area contributed by atoms with Crippen molar-refractivity contribution in [3.8, 4) is 17.5 Å². The minimum absolute atomic E-state index is 0.0743. The maximum atomic E-state index is 12.7. The van der Waals surface area contributed by atoms with Crippen molar-refractivity contribution in [2.75, 3.05) is 17.2 Å². The zero-order valence-corrected chi connectivity index (χ0v) is 18.1. The number of thioether (sulfide) groups is 1. The fraction of sp³-hybridized carbons (Fsp3) is 0.304. The molecule has 3 rings (SSSR count). The van der Waals surface area contributed by atoms with E-state index in [1.54, 1.807) is 4.90 Å². The van der Waals surface area contributed by atoms with E-state index in [4.69, 9.17) is 9.68 Å². The Bertz CT molecular complexity index is 1020. The van der Waals surface area contributed by atoms with Crippen LogP contribution in [0, 0.1) is 11.3 Å². The highest BCUT2D eigenvalue weighted by molar-refractivity contribution is 7.99. The van der Waals surface area contributed by atoms with Crippen LogP contribution in [0.1, 0.15) is 32.8 Å². The van der Waals surface area contributed by atoms with Gasteiger partial charge in [-0.3, -0.25) is 4.79 Å². The third-order valence-corrected chi connectivity index (χ3v) is 5.34. The molecule has 0 atom stereocenters. The van der Waals surface area contributed by atoms with E-state index in [0.29, 0.717) is 17.7 Å². The lowest BCUT2D eigenvalue weighted by Crippen LogP contribution is -2.33. The average molecular weight is 421 g/mol. The Morgan fingerprint density at radius 2 is 1.80 bits per heavy atom. The smallest absolute Gasteiger partial charge is 0.277 e. The summed E-state index contributed by atoms with van der Waals surface area (Å²) in [5.41, 5.74) is 2.91. The molecular weight excluding hydrogens is 396 g/mol. The molecule has 1 aromatic heterocycles. The van der Waals surface area contributed by atoms with Crippen LogP contribution in [0.5, 0.6) is 0 Å². The molecular formula is C23H24N4O2S. The van der Waals surface area contributed by atoms with Crippen LogP contribution in [0.3, 0.4) is 0 Å². The van der Waals surface area contributed by atoms with Gasteiger partial charge in [-0.15, -0.1) is 10.2 Å². The average Bonchev–Trinajstić information content (AvgIpc) is 3.22. The van der Waals surface area contributed by atoms with Gasteiger partial charge in [0.2, 0.25) is 11.8 Å². The van der Waals surface area contributed by atoms with E-state index < -0.39 is 0 Å². The Kier molecular flexibility index (Phi) is 6.91. The minimum Gasteiger partial charge on any atom is -0.411 e. The predicted octanol–water partition coefficient (Wildman–Crippen LogP) is 5.07. The highest BCUT2D eigenvalue weighted by Gasteiger charge is 2.18. The zero-order chi connectivity index (χ0) is 21.6. The third-order valence-electron chi connectivity index (χ3n) is 4.54. The number of hydrogen-bond donors (Lipinski definition) is 0. The van der Waals surface area contributed by atoms with Crippen molar-refractivity contribution < 1.29 is 9.21 Å². The first-order valence-electron chi connectivity index (χ1n) is 9.68. The number of carbonyl (C=O) groups is 1. The molecule has 2 aromatic carbocycles. The molecule has 0 bridgehead atoms. The van der Waals surface area contributed by atoms with E-state index in [1.165, 1.54) is 17.3 Å². The molecule has 0 N–H and O–H groups in total. The molecule has 0 aliphatic rings. The van der Waals surface area contributed by atoms with Gasteiger partial charge in [0.05, 0.1) is 18.2 Å². The lowest BCUT2D eigenvalue weighted by Gasteiger charge is -2.21. The lowest BCUT2D eigenvalue weighted by molar-refractivity contribution is -0.116. The molecule has 0 spiro atoms. The van der Waals surface area contributed by atoms with Gasteiger partial charge in [-0.25, -0.2) is 0 Å². The van der Waals surface area contributed by atoms with Crippen molar-refractivity contribution in [2.45, 2.75) is 37.8 Å². The number of amides is 1. The van der Waals surface area contributed by atoms with Gasteiger partial charge in [0.1, 0.15) is 0 Å². The number of para-hydroxylation sites is 1. The van der Waals surface area contributed by atoms with E-state index in [0.717, 1.165) is 11.3 Å². The van der Waals surface area contributed by atoms with Crippen LogP contribution >= 0.6 is 11.8 Å². The molecule has 6 nitrogen and oxygen atoms in total. The van der Waals surface area contributed by atoms with Crippen LogP contribution in [-0.2, 0) is 10.2 Å². The highest BCUT2D eigenvalue weighted by Crippen LogP contribution is 2.27. The first-order chi connectivity index (χ1) is 14.4. The van der Waals surface area contributed by atoms with Crippen molar-refractivity contribution in [1.29, 1.82) is 5.26 Å². The van der Waals surface area contributed by atoms with Gasteiger partial charge >= 0.3 is 0 Å². The van der Waals surface area contributed by atoms with Gasteiger partial charge in [-0.05, 0) is 35.2 Å². The monoisotopic (exact) mass is 420 g/mol. The van der Waals surface area contributed by atoms with Crippen molar-refractivity contribution in [1.82, 2.24) is 10.2 Å². The molecule has 3 aromatic rings. The van der Waals surface area contributed by atoms with Crippen LogP contribution in [-0.4, -0.2) is 28.4 Å². The van der Waals surface area contributed by atoms with Crippen molar-refractivity contribution >= 4 is 23.4 Å². The summed E-state index contributed by atoms with van der Waals surface area (Å²) in [6.07, 6.45) is 0.264. The molecule has 1 amide bonds. The number of benzene rings is 2. The van der Waals surface area contributed by atoms with E-state index in [1.807, 2.05) is 42.5 Å². The Hall–Kier alpha value is -3.11. The normalized spacial score (nSPS) is 11.1. The van der Waals surface area contributed by atoms with Crippen molar-refractivity contribution in [2.24, 2.45) is 0 Å². The molecule has 0 unspecified atom stereocenters. The first kappa shape index (κ1) is 21.6. The number of rotatable bonds is 7. The molecule has 0 aliphatic carbocycles. The second kappa shape index (κ2) is 9.59. The molecule has 154 valence electrons. The number of nitriles is 1. The predicted molar refractivity (Wildman–Crippen MR) is 118 cm³/mol. The Morgan fingerprint density at radius 1 is 1.10 bits per heavy atom. The Balaban J connectivity index is 1.65. The van der Waals surface area contributed by atoms with Crippen LogP contribution in [0.15, 0.2) is 64.2 Å². The molecule has 30 heavy (non-hydrogen) atoms. The summed E-state index contributed by atoms with van der Waals surface area (Å²) >= 11 is 1.19. The van der Waals surface area contributed by atoms with Crippen LogP contribution < -0.4 is 4.90 Å². The van der Waals surface area contributed by atoms with E-state index in [-0.39, 0.29) is 23.5 Å². The largest absolute Gasteiger partial charge is 0.411 e. The summed E-state index contributed by atoms with van der Waals surface area (Å²) in [5, 5.41) is 17.4. The molecule has 0 saturated carbocycles. The fourth-order valence-corrected chi connectivity index (χ4v) is 3.51. The summed E-state index contributed by atoms with van der Waals surface area (Å²) in [7, 11) is 0. The SMILES string of the molecule is CC(C)(C)c1ccc(-c2nnc(SCC(=O)N(CCC#N)c3ccccc3)o2)cc1. The quantitative estimate of drug-likeness (QED) is 0.496. The molecule has 1 heterocycles. The standard InChI is InChI=1S/C23H24N4O2S/c1-23(2,3)18-12-10-17(11-13-18)21-25-26-22(29-21)30-16-20(28)27(15-7-14-24)19-8-5-4-6-9-19/h4-6,8-13H,7,15-16H2,1-3H3. The van der Waals surface area contributed by atoms with Crippen LogP contribution in [0.2, 0.25) is 0 Å². The summed E-state index contributed by atoms with van der Waals surface area (Å²) < 4.78 is 5.73. The Labute approximate surface area is 180 Å². The molecule has 0 radical (unpaired) electrons. The van der Waals surface area contributed by atoms with E-state index >= 15 is 0 Å². The highest BCUT2D eigenvalue weighted by atomic mass is 32.2. The first-order valence-corrected chi connectivity index (χ1v) is 10.7. The molecule has 0 aliphatic heterocycles. The van der Waals surface area contributed by atoms with Crippen molar-refractivity contribution in [3.05, 3.63) is 60.2 Å². The van der Waals surface area contributed by atoms with E-state index in [2.05, 4.69) is 49.2 Å². The number of carbonyl (C=O) groups excluding carboxylic acids is 1. The van der Waals surface area contributed by atoms with Gasteiger partial charge in [0.15, 0.2) is 0 Å². The van der Waals surface area contributed by atoms with Crippen molar-refractivity contribution in [3.63, 3.8) is 0 Å².